The quantitative estimate of drug-likeness (QED) is 0.230. The SMILES string of the molecule is CCN(CC)c1ccc(/C=C(\C#N)C(=O)OCC[N+](C)(C)CCCO)cc1.[Cl-]. The number of ether oxygens (including phenoxy) is 1. The fraction of sp³-hybridized carbons (Fsp3) is 0.524. The minimum Gasteiger partial charge on any atom is -1.00 e. The molecule has 0 radical (unpaired) electrons. The van der Waals surface area contributed by atoms with Crippen LogP contribution in [0.1, 0.15) is 25.8 Å². The second kappa shape index (κ2) is 13.2. The number of likely N-dealkylation sites (N-methyl/N-ethyl adjacent to an activating group) is 1. The molecule has 28 heavy (non-hydrogen) atoms. The van der Waals surface area contributed by atoms with E-state index in [0.29, 0.717) is 17.4 Å². The number of benzene rings is 1. The average Bonchev–Trinajstić information content (AvgIpc) is 2.66. The molecule has 0 fully saturated rings. The van der Waals surface area contributed by atoms with Crippen molar-refractivity contribution in [1.82, 2.24) is 0 Å². The number of hydrogen-bond acceptors (Lipinski definition) is 5. The monoisotopic (exact) mass is 409 g/mol. The Balaban J connectivity index is 0.00000729. The van der Waals surface area contributed by atoms with Gasteiger partial charge in [-0.05, 0) is 37.6 Å². The molecular formula is C21H32ClN3O3. The molecule has 1 aromatic carbocycles. The van der Waals surface area contributed by atoms with Gasteiger partial charge < -0.3 is 31.6 Å². The summed E-state index contributed by atoms with van der Waals surface area (Å²) in [4.78, 5) is 14.4. The van der Waals surface area contributed by atoms with E-state index in [-0.39, 0.29) is 31.2 Å². The first-order chi connectivity index (χ1) is 12.9. The van der Waals surface area contributed by atoms with Crippen molar-refractivity contribution in [3.63, 3.8) is 0 Å². The molecule has 1 rings (SSSR count). The van der Waals surface area contributed by atoms with Crippen molar-refractivity contribution in [2.45, 2.75) is 20.3 Å². The molecule has 0 aliphatic heterocycles. The number of quaternary nitrogens is 1. The van der Waals surface area contributed by atoms with Crippen molar-refractivity contribution < 1.29 is 31.5 Å². The third-order valence-electron chi connectivity index (χ3n) is 4.52. The summed E-state index contributed by atoms with van der Waals surface area (Å²) >= 11 is 0. The number of carbonyl (C=O) groups is 1. The smallest absolute Gasteiger partial charge is 0.349 e. The number of esters is 1. The van der Waals surface area contributed by atoms with Gasteiger partial charge in [0.15, 0.2) is 0 Å². The van der Waals surface area contributed by atoms with Gasteiger partial charge in [0.05, 0.1) is 20.6 Å². The molecule has 0 aliphatic carbocycles. The number of anilines is 1. The lowest BCUT2D eigenvalue weighted by Gasteiger charge is -2.29. The average molecular weight is 410 g/mol. The molecule has 156 valence electrons. The van der Waals surface area contributed by atoms with E-state index in [1.165, 1.54) is 0 Å². The van der Waals surface area contributed by atoms with Crippen LogP contribution in [0.15, 0.2) is 29.8 Å². The third kappa shape index (κ3) is 8.75. The Hall–Kier alpha value is -2.07. The lowest BCUT2D eigenvalue weighted by molar-refractivity contribution is -0.890. The highest BCUT2D eigenvalue weighted by molar-refractivity contribution is 5.97. The predicted molar refractivity (Wildman–Crippen MR) is 108 cm³/mol. The second-order valence-electron chi connectivity index (χ2n) is 7.03. The molecule has 0 heterocycles. The zero-order valence-electron chi connectivity index (χ0n) is 17.3. The van der Waals surface area contributed by atoms with Crippen LogP contribution in [0.3, 0.4) is 0 Å². The van der Waals surface area contributed by atoms with Crippen LogP contribution in [0.5, 0.6) is 0 Å². The van der Waals surface area contributed by atoms with Gasteiger partial charge >= 0.3 is 5.97 Å². The number of rotatable bonds is 11. The largest absolute Gasteiger partial charge is 1.00 e. The summed E-state index contributed by atoms with van der Waals surface area (Å²) in [7, 11) is 4.03. The van der Waals surface area contributed by atoms with Crippen molar-refractivity contribution >= 4 is 17.7 Å². The van der Waals surface area contributed by atoms with Gasteiger partial charge in [0, 0.05) is 31.8 Å². The molecule has 0 saturated heterocycles. The summed E-state index contributed by atoms with van der Waals surface area (Å²) in [5, 5.41) is 18.2. The van der Waals surface area contributed by atoms with Gasteiger partial charge in [0.1, 0.15) is 24.8 Å². The van der Waals surface area contributed by atoms with E-state index >= 15 is 0 Å². The lowest BCUT2D eigenvalue weighted by Crippen LogP contribution is -3.00. The molecule has 0 aromatic heterocycles. The molecule has 7 heteroatoms. The second-order valence-corrected chi connectivity index (χ2v) is 7.03. The van der Waals surface area contributed by atoms with Crippen molar-refractivity contribution in [3.8, 4) is 6.07 Å². The predicted octanol–water partition coefficient (Wildman–Crippen LogP) is -0.554. The lowest BCUT2D eigenvalue weighted by atomic mass is 10.1. The van der Waals surface area contributed by atoms with Crippen LogP contribution >= 0.6 is 0 Å². The Kier molecular flexibility index (Phi) is 12.2. The Morgan fingerprint density at radius 3 is 2.32 bits per heavy atom. The van der Waals surface area contributed by atoms with Gasteiger partial charge in [0.25, 0.3) is 0 Å². The molecule has 0 aliphatic rings. The Morgan fingerprint density at radius 2 is 1.82 bits per heavy atom. The number of aliphatic hydroxyl groups excluding tert-OH is 1. The normalized spacial score (nSPS) is 11.4. The fourth-order valence-corrected chi connectivity index (χ4v) is 2.75. The number of halogens is 1. The highest BCUT2D eigenvalue weighted by Gasteiger charge is 2.17. The molecule has 0 amide bonds. The first-order valence-corrected chi connectivity index (χ1v) is 9.43. The maximum absolute atomic E-state index is 12.2. The molecule has 0 bridgehead atoms. The molecule has 1 N–H and O–H groups in total. The zero-order valence-corrected chi connectivity index (χ0v) is 18.1. The van der Waals surface area contributed by atoms with Crippen LogP contribution in [-0.4, -0.2) is 69.0 Å². The summed E-state index contributed by atoms with van der Waals surface area (Å²) in [5.41, 5.74) is 1.89. The minimum atomic E-state index is -0.604. The number of nitrogens with zero attached hydrogens (tertiary/aromatic N) is 3. The third-order valence-corrected chi connectivity index (χ3v) is 4.52. The molecule has 6 nitrogen and oxygen atoms in total. The summed E-state index contributed by atoms with van der Waals surface area (Å²) in [6.45, 7) is 7.86. The van der Waals surface area contributed by atoms with Crippen molar-refractivity contribution in [2.24, 2.45) is 0 Å². The maximum Gasteiger partial charge on any atom is 0.349 e. The number of aliphatic hydroxyl groups is 1. The van der Waals surface area contributed by atoms with Crippen LogP contribution in [0.2, 0.25) is 0 Å². The molecular weight excluding hydrogens is 378 g/mol. The van der Waals surface area contributed by atoms with Crippen LogP contribution in [-0.2, 0) is 9.53 Å². The number of carbonyl (C=O) groups excluding carboxylic acids is 1. The van der Waals surface area contributed by atoms with Crippen LogP contribution in [0, 0.1) is 11.3 Å². The van der Waals surface area contributed by atoms with Crippen molar-refractivity contribution in [1.29, 1.82) is 5.26 Å². The van der Waals surface area contributed by atoms with E-state index < -0.39 is 5.97 Å². The summed E-state index contributed by atoms with van der Waals surface area (Å²) in [6, 6.07) is 9.69. The highest BCUT2D eigenvalue weighted by atomic mass is 35.5. The van der Waals surface area contributed by atoms with Crippen molar-refractivity contribution in [2.75, 3.05) is 58.4 Å². The van der Waals surface area contributed by atoms with Crippen LogP contribution in [0.4, 0.5) is 5.69 Å². The van der Waals surface area contributed by atoms with E-state index in [2.05, 4.69) is 18.7 Å². The summed E-state index contributed by atoms with van der Waals surface area (Å²) in [5.74, 6) is -0.604. The van der Waals surface area contributed by atoms with Gasteiger partial charge in [0.2, 0.25) is 0 Å². The Labute approximate surface area is 175 Å². The van der Waals surface area contributed by atoms with Gasteiger partial charge in [-0.15, -0.1) is 0 Å². The van der Waals surface area contributed by atoms with Crippen LogP contribution in [0.25, 0.3) is 6.08 Å². The van der Waals surface area contributed by atoms with Gasteiger partial charge in [-0.25, -0.2) is 4.79 Å². The summed E-state index contributed by atoms with van der Waals surface area (Å²) < 4.78 is 5.91. The van der Waals surface area contributed by atoms with E-state index in [1.54, 1.807) is 6.08 Å². The topological polar surface area (TPSA) is 73.6 Å². The van der Waals surface area contributed by atoms with Crippen LogP contribution < -0.4 is 17.3 Å². The van der Waals surface area contributed by atoms with Gasteiger partial charge in [-0.2, -0.15) is 5.26 Å². The van der Waals surface area contributed by atoms with E-state index in [0.717, 1.165) is 30.9 Å². The molecule has 0 saturated carbocycles. The molecule has 1 aromatic rings. The molecule has 0 spiro atoms. The van der Waals surface area contributed by atoms with E-state index in [4.69, 9.17) is 9.84 Å². The first-order valence-electron chi connectivity index (χ1n) is 9.43. The van der Waals surface area contributed by atoms with E-state index in [1.807, 2.05) is 44.4 Å². The van der Waals surface area contributed by atoms with Crippen molar-refractivity contribution in [3.05, 3.63) is 35.4 Å². The number of nitriles is 1. The maximum atomic E-state index is 12.2. The van der Waals surface area contributed by atoms with Gasteiger partial charge in [-0.1, -0.05) is 12.1 Å². The Morgan fingerprint density at radius 1 is 1.21 bits per heavy atom. The van der Waals surface area contributed by atoms with Gasteiger partial charge in [-0.3, -0.25) is 0 Å². The first kappa shape index (κ1) is 25.9. The fourth-order valence-electron chi connectivity index (χ4n) is 2.75. The highest BCUT2D eigenvalue weighted by Crippen LogP contribution is 2.17. The minimum absolute atomic E-state index is 0. The summed E-state index contributed by atoms with van der Waals surface area (Å²) in [6.07, 6.45) is 2.26. The van der Waals surface area contributed by atoms with E-state index in [9.17, 15) is 10.1 Å². The standard InChI is InChI=1S/C21H32N3O3.ClH/c1-5-23(6-2)20-10-8-18(9-11-20)16-19(17-22)21(26)27-15-13-24(3,4)12-7-14-25;/h8-11,16,25H,5-7,12-15H2,1-4H3;1H/q+1;/p-1/b19-16+;. The zero-order chi connectivity index (χ0) is 20.3. The number of hydrogen-bond donors (Lipinski definition) is 1. The molecule has 0 atom stereocenters. The molecule has 0 unspecified atom stereocenters. The Bertz CT molecular complexity index is 662.